The lowest BCUT2D eigenvalue weighted by Gasteiger charge is -2.36. The summed E-state index contributed by atoms with van der Waals surface area (Å²) in [6.07, 6.45) is 0. The fraction of sp³-hybridized carbons (Fsp3) is 0.467. The molecule has 1 atom stereocenters. The number of amides is 2. The third-order valence-corrected chi connectivity index (χ3v) is 4.00. The number of rotatable bonds is 3. The molecule has 0 aromatic heterocycles. The van der Waals surface area contributed by atoms with Crippen molar-refractivity contribution in [3.63, 3.8) is 0 Å². The first kappa shape index (κ1) is 18.7. The van der Waals surface area contributed by atoms with E-state index in [2.05, 4.69) is 0 Å². The topological polar surface area (TPSA) is 66.6 Å². The second-order valence-electron chi connectivity index (χ2n) is 5.26. The highest BCUT2D eigenvalue weighted by molar-refractivity contribution is 6.30. The molecule has 1 aliphatic heterocycles. The van der Waals surface area contributed by atoms with Crippen molar-refractivity contribution in [2.45, 2.75) is 6.92 Å². The Labute approximate surface area is 141 Å². The van der Waals surface area contributed by atoms with E-state index in [-0.39, 0.29) is 30.1 Å². The maximum Gasteiger partial charge on any atom is 0.253 e. The Hall–Kier alpha value is -1.30. The largest absolute Gasteiger partial charge is 0.339 e. The first-order chi connectivity index (χ1) is 10.0. The van der Waals surface area contributed by atoms with Crippen LogP contribution in [0, 0.1) is 5.92 Å². The minimum atomic E-state index is -0.163. The molecular formula is C15H21Cl2N3O2. The van der Waals surface area contributed by atoms with E-state index in [4.69, 9.17) is 17.3 Å². The fourth-order valence-corrected chi connectivity index (χ4v) is 2.44. The maximum absolute atomic E-state index is 12.3. The van der Waals surface area contributed by atoms with Gasteiger partial charge in [-0.15, -0.1) is 12.4 Å². The van der Waals surface area contributed by atoms with Crippen LogP contribution in [0.4, 0.5) is 0 Å². The molecule has 1 aromatic carbocycles. The summed E-state index contributed by atoms with van der Waals surface area (Å²) in [5, 5.41) is 0.609. The minimum Gasteiger partial charge on any atom is -0.339 e. The summed E-state index contributed by atoms with van der Waals surface area (Å²) in [5.74, 6) is -0.120. The molecule has 2 rings (SSSR count). The molecule has 1 aromatic rings. The Morgan fingerprint density at radius 2 is 1.64 bits per heavy atom. The lowest BCUT2D eigenvalue weighted by molar-refractivity contribution is -0.136. The number of piperazine rings is 1. The van der Waals surface area contributed by atoms with Crippen molar-refractivity contribution < 1.29 is 9.59 Å². The van der Waals surface area contributed by atoms with Crippen LogP contribution in [0.25, 0.3) is 0 Å². The number of carbonyl (C=O) groups excluding carboxylic acids is 2. The van der Waals surface area contributed by atoms with E-state index < -0.39 is 0 Å². The molecule has 1 unspecified atom stereocenters. The van der Waals surface area contributed by atoms with Crippen LogP contribution >= 0.6 is 24.0 Å². The van der Waals surface area contributed by atoms with Gasteiger partial charge in [-0.25, -0.2) is 0 Å². The van der Waals surface area contributed by atoms with Gasteiger partial charge in [-0.2, -0.15) is 0 Å². The quantitative estimate of drug-likeness (QED) is 0.905. The molecule has 0 spiro atoms. The van der Waals surface area contributed by atoms with Crippen molar-refractivity contribution in [2.24, 2.45) is 11.7 Å². The first-order valence-corrected chi connectivity index (χ1v) is 7.44. The molecule has 5 nitrogen and oxygen atoms in total. The number of halogens is 2. The highest BCUT2D eigenvalue weighted by Crippen LogP contribution is 2.14. The van der Waals surface area contributed by atoms with Gasteiger partial charge in [-0.1, -0.05) is 18.5 Å². The van der Waals surface area contributed by atoms with E-state index in [9.17, 15) is 9.59 Å². The van der Waals surface area contributed by atoms with Crippen LogP contribution in [0.15, 0.2) is 24.3 Å². The molecule has 0 saturated carbocycles. The number of nitrogens with zero attached hydrogens (tertiary/aromatic N) is 2. The molecule has 1 heterocycles. The molecule has 122 valence electrons. The minimum absolute atomic E-state index is 0. The molecule has 1 fully saturated rings. The number of benzene rings is 1. The predicted molar refractivity (Wildman–Crippen MR) is 89.4 cm³/mol. The molecular weight excluding hydrogens is 325 g/mol. The number of carbonyl (C=O) groups is 2. The molecule has 1 aliphatic rings. The third kappa shape index (κ3) is 4.35. The van der Waals surface area contributed by atoms with Crippen molar-refractivity contribution >= 4 is 35.8 Å². The standard InChI is InChI=1S/C15H20ClN3O2.ClH/c1-11(10-17)14(20)18-6-8-19(9-7-18)15(21)12-2-4-13(16)5-3-12;/h2-5,11H,6-10,17H2,1H3;1H. The van der Waals surface area contributed by atoms with Crippen LogP contribution in [-0.2, 0) is 4.79 Å². The Morgan fingerprint density at radius 3 is 2.14 bits per heavy atom. The van der Waals surface area contributed by atoms with E-state index in [1.807, 2.05) is 6.92 Å². The Kier molecular flexibility index (Phi) is 7.13. The van der Waals surface area contributed by atoms with Crippen LogP contribution < -0.4 is 5.73 Å². The SMILES string of the molecule is CC(CN)C(=O)N1CCN(C(=O)c2ccc(Cl)cc2)CC1.Cl. The van der Waals surface area contributed by atoms with Crippen molar-refractivity contribution in [2.75, 3.05) is 32.7 Å². The van der Waals surface area contributed by atoms with E-state index >= 15 is 0 Å². The van der Waals surface area contributed by atoms with Gasteiger partial charge in [-0.3, -0.25) is 9.59 Å². The zero-order valence-electron chi connectivity index (χ0n) is 12.5. The van der Waals surface area contributed by atoms with E-state index in [1.54, 1.807) is 34.1 Å². The zero-order chi connectivity index (χ0) is 15.4. The van der Waals surface area contributed by atoms with Crippen molar-refractivity contribution in [3.05, 3.63) is 34.9 Å². The monoisotopic (exact) mass is 345 g/mol. The van der Waals surface area contributed by atoms with Gasteiger partial charge in [0.15, 0.2) is 0 Å². The molecule has 0 aliphatic carbocycles. The molecule has 0 radical (unpaired) electrons. The Morgan fingerprint density at radius 1 is 1.14 bits per heavy atom. The second kappa shape index (κ2) is 8.36. The summed E-state index contributed by atoms with van der Waals surface area (Å²) in [4.78, 5) is 27.9. The summed E-state index contributed by atoms with van der Waals surface area (Å²) in [5.41, 5.74) is 6.14. The fourth-order valence-electron chi connectivity index (χ4n) is 2.32. The average Bonchev–Trinajstić information content (AvgIpc) is 2.53. The molecule has 0 bridgehead atoms. The van der Waals surface area contributed by atoms with E-state index in [0.717, 1.165) is 0 Å². The summed E-state index contributed by atoms with van der Waals surface area (Å²) in [7, 11) is 0. The molecule has 2 amide bonds. The van der Waals surface area contributed by atoms with Gasteiger partial charge >= 0.3 is 0 Å². The normalized spacial score (nSPS) is 16.0. The van der Waals surface area contributed by atoms with E-state index in [0.29, 0.717) is 43.3 Å². The predicted octanol–water partition coefficient (Wildman–Crippen LogP) is 1.64. The van der Waals surface area contributed by atoms with Crippen molar-refractivity contribution in [1.29, 1.82) is 0 Å². The second-order valence-corrected chi connectivity index (χ2v) is 5.70. The van der Waals surface area contributed by atoms with E-state index in [1.165, 1.54) is 0 Å². The summed E-state index contributed by atoms with van der Waals surface area (Å²) < 4.78 is 0. The van der Waals surface area contributed by atoms with Gasteiger partial charge in [0.25, 0.3) is 5.91 Å². The Balaban J connectivity index is 0.00000242. The molecule has 7 heteroatoms. The Bertz CT molecular complexity index is 514. The number of hydrogen-bond acceptors (Lipinski definition) is 3. The van der Waals surface area contributed by atoms with Crippen LogP contribution in [0.5, 0.6) is 0 Å². The van der Waals surface area contributed by atoms with Crippen LogP contribution in [0.2, 0.25) is 5.02 Å². The summed E-state index contributed by atoms with van der Waals surface area (Å²) in [6, 6.07) is 6.85. The zero-order valence-corrected chi connectivity index (χ0v) is 14.1. The maximum atomic E-state index is 12.3. The number of hydrogen-bond donors (Lipinski definition) is 1. The third-order valence-electron chi connectivity index (χ3n) is 3.74. The summed E-state index contributed by atoms with van der Waals surface area (Å²) in [6.45, 7) is 4.39. The first-order valence-electron chi connectivity index (χ1n) is 7.06. The average molecular weight is 346 g/mol. The number of nitrogens with two attached hydrogens (primary N) is 1. The lowest BCUT2D eigenvalue weighted by atomic mass is 10.1. The molecule has 22 heavy (non-hydrogen) atoms. The smallest absolute Gasteiger partial charge is 0.253 e. The van der Waals surface area contributed by atoms with Crippen LogP contribution in [-0.4, -0.2) is 54.3 Å². The van der Waals surface area contributed by atoms with Gasteiger partial charge in [0, 0.05) is 49.2 Å². The summed E-state index contributed by atoms with van der Waals surface area (Å²) >= 11 is 5.82. The molecule has 1 saturated heterocycles. The van der Waals surface area contributed by atoms with Gasteiger partial charge in [0.1, 0.15) is 0 Å². The van der Waals surface area contributed by atoms with Gasteiger partial charge in [-0.05, 0) is 24.3 Å². The van der Waals surface area contributed by atoms with Gasteiger partial charge in [0.05, 0.1) is 0 Å². The lowest BCUT2D eigenvalue weighted by Crippen LogP contribution is -2.52. The van der Waals surface area contributed by atoms with Gasteiger partial charge in [0.2, 0.25) is 5.91 Å². The van der Waals surface area contributed by atoms with Gasteiger partial charge < -0.3 is 15.5 Å². The highest BCUT2D eigenvalue weighted by atomic mass is 35.5. The highest BCUT2D eigenvalue weighted by Gasteiger charge is 2.26. The van der Waals surface area contributed by atoms with Crippen LogP contribution in [0.1, 0.15) is 17.3 Å². The van der Waals surface area contributed by atoms with Crippen molar-refractivity contribution in [1.82, 2.24) is 9.80 Å². The van der Waals surface area contributed by atoms with Crippen LogP contribution in [0.3, 0.4) is 0 Å². The molecule has 2 N–H and O–H groups in total. The van der Waals surface area contributed by atoms with Crippen molar-refractivity contribution in [3.8, 4) is 0 Å².